The number of benzene rings is 4. The summed E-state index contributed by atoms with van der Waals surface area (Å²) in [4.78, 5) is 0. The Morgan fingerprint density at radius 2 is 1.48 bits per heavy atom. The molecule has 0 fully saturated rings. The second-order valence-electron chi connectivity index (χ2n) is 6.30. The highest BCUT2D eigenvalue weighted by atomic mass is 35.5. The van der Waals surface area contributed by atoms with Crippen LogP contribution in [0.5, 0.6) is 0 Å². The fourth-order valence-electron chi connectivity index (χ4n) is 3.84. The third kappa shape index (κ3) is 1.73. The summed E-state index contributed by atoms with van der Waals surface area (Å²) in [6.45, 7) is 0. The van der Waals surface area contributed by atoms with Crippen molar-refractivity contribution in [2.45, 2.75) is 0 Å². The van der Waals surface area contributed by atoms with E-state index < -0.39 is 0 Å². The standard InChI is InChI=1S/C22H11ClOS/c23-16-10-11-18-20-19-14(6-3-7-17(19)25-18)15-9-8-12-4-1-2-5-13(12)21(15)24-22(16)20/h1-11H. The van der Waals surface area contributed by atoms with Gasteiger partial charge < -0.3 is 4.42 Å². The van der Waals surface area contributed by atoms with E-state index in [0.29, 0.717) is 5.02 Å². The summed E-state index contributed by atoms with van der Waals surface area (Å²) >= 11 is 8.35. The van der Waals surface area contributed by atoms with Crippen LogP contribution < -0.4 is 0 Å². The summed E-state index contributed by atoms with van der Waals surface area (Å²) in [6, 6.07) is 23.2. The first-order valence-electron chi connectivity index (χ1n) is 8.15. The monoisotopic (exact) mass is 358 g/mol. The Hall–Kier alpha value is -2.55. The lowest BCUT2D eigenvalue weighted by Gasteiger charge is -2.02. The molecule has 0 aliphatic rings. The largest absolute Gasteiger partial charge is 0.454 e. The van der Waals surface area contributed by atoms with E-state index in [4.69, 9.17) is 16.0 Å². The number of rotatable bonds is 0. The molecule has 0 bridgehead atoms. The Morgan fingerprint density at radius 1 is 0.640 bits per heavy atom. The molecule has 0 amide bonds. The summed E-state index contributed by atoms with van der Waals surface area (Å²) in [5.41, 5.74) is 1.66. The van der Waals surface area contributed by atoms with Crippen molar-refractivity contribution in [2.75, 3.05) is 0 Å². The molecule has 2 heterocycles. The second kappa shape index (κ2) is 4.75. The lowest BCUT2D eigenvalue weighted by molar-refractivity contribution is 0.668. The lowest BCUT2D eigenvalue weighted by atomic mass is 10.0. The second-order valence-corrected chi connectivity index (χ2v) is 7.79. The number of hydrogen-bond acceptors (Lipinski definition) is 2. The minimum atomic E-state index is 0.655. The number of thiophene rings is 1. The van der Waals surface area contributed by atoms with Gasteiger partial charge in [-0.05, 0) is 35.0 Å². The molecule has 0 spiro atoms. The van der Waals surface area contributed by atoms with Crippen molar-refractivity contribution in [1.82, 2.24) is 0 Å². The fourth-order valence-corrected chi connectivity index (χ4v) is 5.17. The Balaban J connectivity index is 2.09. The summed E-state index contributed by atoms with van der Waals surface area (Å²) in [6.07, 6.45) is 0. The highest BCUT2D eigenvalue weighted by Crippen LogP contribution is 2.44. The van der Waals surface area contributed by atoms with Crippen LogP contribution in [-0.4, -0.2) is 0 Å². The highest BCUT2D eigenvalue weighted by molar-refractivity contribution is 7.26. The van der Waals surface area contributed by atoms with Gasteiger partial charge in [-0.3, -0.25) is 0 Å². The van der Waals surface area contributed by atoms with Gasteiger partial charge in [0.15, 0.2) is 5.58 Å². The number of fused-ring (bicyclic) bond motifs is 4. The SMILES string of the molecule is Clc1ccc2sc3cccc4c5ccc6ccccc6c5oc1c2c34. The van der Waals surface area contributed by atoms with Crippen LogP contribution in [-0.2, 0) is 0 Å². The predicted octanol–water partition coefficient (Wildman–Crippen LogP) is 7.76. The molecule has 0 unspecified atom stereocenters. The molecule has 6 aromatic rings. The summed E-state index contributed by atoms with van der Waals surface area (Å²) in [5, 5.41) is 7.64. The van der Waals surface area contributed by atoms with Crippen LogP contribution in [0, 0.1) is 0 Å². The van der Waals surface area contributed by atoms with Crippen LogP contribution >= 0.6 is 22.9 Å². The van der Waals surface area contributed by atoms with Gasteiger partial charge in [-0.25, -0.2) is 0 Å². The van der Waals surface area contributed by atoms with Crippen LogP contribution in [0.1, 0.15) is 0 Å². The zero-order valence-corrected chi connectivity index (χ0v) is 14.6. The van der Waals surface area contributed by atoms with Gasteiger partial charge in [-0.1, -0.05) is 54.1 Å². The van der Waals surface area contributed by atoms with E-state index >= 15 is 0 Å². The molecular weight excluding hydrogens is 348 g/mol. The zero-order chi connectivity index (χ0) is 16.5. The van der Waals surface area contributed by atoms with Crippen LogP contribution in [0.15, 0.2) is 71.1 Å². The van der Waals surface area contributed by atoms with Crippen LogP contribution in [0.3, 0.4) is 0 Å². The molecule has 0 atom stereocenters. The maximum atomic E-state index is 6.56. The topological polar surface area (TPSA) is 13.1 Å². The van der Waals surface area contributed by atoms with Gasteiger partial charge in [0.05, 0.1) is 5.02 Å². The van der Waals surface area contributed by atoms with Crippen molar-refractivity contribution in [3.8, 4) is 0 Å². The Bertz CT molecular complexity index is 1460. The Labute approximate surface area is 152 Å². The van der Waals surface area contributed by atoms with E-state index in [0.717, 1.165) is 27.3 Å². The molecule has 1 nitrogen and oxygen atoms in total. The van der Waals surface area contributed by atoms with Crippen molar-refractivity contribution in [3.63, 3.8) is 0 Å². The molecule has 118 valence electrons. The molecule has 0 N–H and O–H groups in total. The Kier molecular flexibility index (Phi) is 2.61. The van der Waals surface area contributed by atoms with Gasteiger partial charge in [0.25, 0.3) is 0 Å². The third-order valence-electron chi connectivity index (χ3n) is 4.94. The quantitative estimate of drug-likeness (QED) is 0.270. The molecule has 0 aliphatic carbocycles. The van der Waals surface area contributed by atoms with E-state index in [2.05, 4.69) is 60.7 Å². The maximum absolute atomic E-state index is 6.56. The Morgan fingerprint density at radius 3 is 2.44 bits per heavy atom. The van der Waals surface area contributed by atoms with Gasteiger partial charge in [0.2, 0.25) is 0 Å². The van der Waals surface area contributed by atoms with E-state index in [1.54, 1.807) is 11.3 Å². The van der Waals surface area contributed by atoms with E-state index in [1.807, 2.05) is 6.07 Å². The molecule has 0 aliphatic heterocycles. The zero-order valence-electron chi connectivity index (χ0n) is 13.0. The van der Waals surface area contributed by atoms with E-state index in [1.165, 1.54) is 25.6 Å². The first-order valence-corrected chi connectivity index (χ1v) is 9.34. The molecule has 3 heteroatoms. The average molecular weight is 359 g/mol. The lowest BCUT2D eigenvalue weighted by Crippen LogP contribution is -1.76. The molecule has 0 saturated carbocycles. The molecule has 0 saturated heterocycles. The van der Waals surface area contributed by atoms with E-state index in [9.17, 15) is 0 Å². The summed E-state index contributed by atoms with van der Waals surface area (Å²) in [7, 11) is 0. The van der Waals surface area contributed by atoms with Gasteiger partial charge in [0, 0.05) is 30.9 Å². The van der Waals surface area contributed by atoms with Crippen LogP contribution in [0.4, 0.5) is 0 Å². The minimum Gasteiger partial charge on any atom is -0.454 e. The molecular formula is C22H11ClOS. The third-order valence-corrected chi connectivity index (χ3v) is 6.36. The van der Waals surface area contributed by atoms with Crippen molar-refractivity contribution in [3.05, 3.63) is 71.8 Å². The average Bonchev–Trinajstić information content (AvgIpc) is 2.94. The van der Waals surface area contributed by atoms with Crippen molar-refractivity contribution in [2.24, 2.45) is 0 Å². The normalized spacial score (nSPS) is 12.2. The van der Waals surface area contributed by atoms with Gasteiger partial charge in [-0.2, -0.15) is 0 Å². The first-order chi connectivity index (χ1) is 12.3. The number of hydrogen-bond donors (Lipinski definition) is 0. The maximum Gasteiger partial charge on any atom is 0.155 e. The van der Waals surface area contributed by atoms with Gasteiger partial charge >= 0.3 is 0 Å². The van der Waals surface area contributed by atoms with Crippen molar-refractivity contribution >= 4 is 75.8 Å². The molecule has 4 aromatic carbocycles. The van der Waals surface area contributed by atoms with Crippen molar-refractivity contribution in [1.29, 1.82) is 0 Å². The van der Waals surface area contributed by atoms with Gasteiger partial charge in [0.1, 0.15) is 5.58 Å². The van der Waals surface area contributed by atoms with Crippen LogP contribution in [0.2, 0.25) is 5.02 Å². The first kappa shape index (κ1) is 13.7. The highest BCUT2D eigenvalue weighted by Gasteiger charge is 2.16. The number of halogens is 1. The van der Waals surface area contributed by atoms with Crippen LogP contribution in [0.25, 0.3) is 52.9 Å². The molecule has 0 radical (unpaired) electrons. The summed E-state index contributed by atoms with van der Waals surface area (Å²) in [5.74, 6) is 0. The molecule has 25 heavy (non-hydrogen) atoms. The van der Waals surface area contributed by atoms with E-state index in [-0.39, 0.29) is 0 Å². The minimum absolute atomic E-state index is 0.655. The molecule has 2 aromatic heterocycles. The molecule has 6 rings (SSSR count). The smallest absolute Gasteiger partial charge is 0.155 e. The van der Waals surface area contributed by atoms with Crippen molar-refractivity contribution < 1.29 is 4.42 Å². The van der Waals surface area contributed by atoms with Gasteiger partial charge in [-0.15, -0.1) is 11.3 Å². The summed E-state index contributed by atoms with van der Waals surface area (Å²) < 4.78 is 8.97. The fraction of sp³-hybridized carbons (Fsp3) is 0. The predicted molar refractivity (Wildman–Crippen MR) is 109 cm³/mol.